The molecule has 3 heteroatoms. The monoisotopic (exact) mass is 239 g/mol. The highest BCUT2D eigenvalue weighted by Gasteiger charge is 2.15. The Bertz CT molecular complexity index is 340. The summed E-state index contributed by atoms with van der Waals surface area (Å²) in [7, 11) is 0. The molecule has 0 saturated heterocycles. The number of aryl methyl sites for hydroxylation is 1. The fourth-order valence-corrected chi connectivity index (χ4v) is 2.17. The maximum atomic E-state index is 4.99. The molecule has 0 aliphatic carbocycles. The van der Waals surface area contributed by atoms with Gasteiger partial charge in [0.15, 0.2) is 0 Å². The zero-order chi connectivity index (χ0) is 9.26. The molecule has 13 heavy (non-hydrogen) atoms. The van der Waals surface area contributed by atoms with Crippen molar-refractivity contribution in [3.8, 4) is 0 Å². The summed E-state index contributed by atoms with van der Waals surface area (Å²) < 4.78 is 1.09. The SMILES string of the molecule is Cc1cccc(Br)c1C1=NOCC1. The van der Waals surface area contributed by atoms with Crippen LogP contribution in [0.2, 0.25) is 0 Å². The van der Waals surface area contributed by atoms with Crippen molar-refractivity contribution in [1.82, 2.24) is 0 Å². The van der Waals surface area contributed by atoms with Gasteiger partial charge in [-0.1, -0.05) is 33.2 Å². The van der Waals surface area contributed by atoms with E-state index in [9.17, 15) is 0 Å². The average molecular weight is 240 g/mol. The van der Waals surface area contributed by atoms with E-state index >= 15 is 0 Å². The first-order chi connectivity index (χ1) is 6.29. The smallest absolute Gasteiger partial charge is 0.122 e. The van der Waals surface area contributed by atoms with Crippen LogP contribution in [-0.2, 0) is 4.84 Å². The molecule has 0 amide bonds. The summed E-state index contributed by atoms with van der Waals surface area (Å²) in [5.41, 5.74) is 3.46. The van der Waals surface area contributed by atoms with Gasteiger partial charge in [-0.15, -0.1) is 0 Å². The number of oxime groups is 1. The summed E-state index contributed by atoms with van der Waals surface area (Å²) in [4.78, 5) is 4.99. The second-order valence-electron chi connectivity index (χ2n) is 3.05. The third kappa shape index (κ3) is 1.61. The van der Waals surface area contributed by atoms with Crippen molar-refractivity contribution < 1.29 is 4.84 Å². The molecule has 2 nitrogen and oxygen atoms in total. The van der Waals surface area contributed by atoms with Crippen molar-refractivity contribution in [3.63, 3.8) is 0 Å². The molecule has 1 aliphatic heterocycles. The van der Waals surface area contributed by atoms with Crippen LogP contribution in [0.4, 0.5) is 0 Å². The zero-order valence-electron chi connectivity index (χ0n) is 7.38. The molecule has 0 spiro atoms. The zero-order valence-corrected chi connectivity index (χ0v) is 8.97. The molecule has 0 unspecified atom stereocenters. The van der Waals surface area contributed by atoms with Gasteiger partial charge in [0.1, 0.15) is 6.61 Å². The van der Waals surface area contributed by atoms with Gasteiger partial charge in [0, 0.05) is 16.5 Å². The molecule has 0 fully saturated rings. The Labute approximate surface area is 85.7 Å². The van der Waals surface area contributed by atoms with Gasteiger partial charge in [0.05, 0.1) is 5.71 Å². The largest absolute Gasteiger partial charge is 0.395 e. The molecule has 0 bridgehead atoms. The minimum Gasteiger partial charge on any atom is -0.395 e. The Morgan fingerprint density at radius 1 is 1.46 bits per heavy atom. The minimum atomic E-state index is 0.704. The highest BCUT2D eigenvalue weighted by atomic mass is 79.9. The molecule has 0 atom stereocenters. The summed E-state index contributed by atoms with van der Waals surface area (Å²) in [5, 5.41) is 4.01. The molecule has 1 aliphatic rings. The lowest BCUT2D eigenvalue weighted by Crippen LogP contribution is -2.01. The molecule has 68 valence electrons. The van der Waals surface area contributed by atoms with E-state index in [1.807, 2.05) is 12.1 Å². The molecule has 0 N–H and O–H groups in total. The van der Waals surface area contributed by atoms with Crippen LogP contribution in [0.5, 0.6) is 0 Å². The fourth-order valence-electron chi connectivity index (χ4n) is 1.48. The van der Waals surface area contributed by atoms with Crippen LogP contribution in [0, 0.1) is 6.92 Å². The first-order valence-corrected chi connectivity index (χ1v) is 5.02. The van der Waals surface area contributed by atoms with Gasteiger partial charge >= 0.3 is 0 Å². The average Bonchev–Trinajstić information content (AvgIpc) is 2.57. The predicted molar refractivity (Wildman–Crippen MR) is 56.0 cm³/mol. The lowest BCUT2D eigenvalue weighted by molar-refractivity contribution is 0.174. The van der Waals surface area contributed by atoms with Gasteiger partial charge in [-0.25, -0.2) is 0 Å². The van der Waals surface area contributed by atoms with Crippen LogP contribution in [-0.4, -0.2) is 12.3 Å². The Morgan fingerprint density at radius 3 is 2.92 bits per heavy atom. The fraction of sp³-hybridized carbons (Fsp3) is 0.300. The third-order valence-corrected chi connectivity index (χ3v) is 2.78. The van der Waals surface area contributed by atoms with Crippen LogP contribution < -0.4 is 0 Å². The topological polar surface area (TPSA) is 21.6 Å². The number of nitrogens with zero attached hydrogens (tertiary/aromatic N) is 1. The molecule has 2 rings (SSSR count). The lowest BCUT2D eigenvalue weighted by Gasteiger charge is -2.05. The first kappa shape index (κ1) is 8.75. The second-order valence-corrected chi connectivity index (χ2v) is 3.91. The van der Waals surface area contributed by atoms with E-state index in [0.717, 1.165) is 16.6 Å². The minimum absolute atomic E-state index is 0.704. The summed E-state index contributed by atoms with van der Waals surface area (Å²) >= 11 is 3.52. The van der Waals surface area contributed by atoms with Crippen molar-refractivity contribution in [2.75, 3.05) is 6.61 Å². The molecule has 0 saturated carbocycles. The quantitative estimate of drug-likeness (QED) is 0.739. The highest BCUT2D eigenvalue weighted by molar-refractivity contribution is 9.10. The van der Waals surface area contributed by atoms with Gasteiger partial charge in [-0.05, 0) is 18.6 Å². The van der Waals surface area contributed by atoms with E-state index in [0.29, 0.717) is 6.61 Å². The third-order valence-electron chi connectivity index (χ3n) is 2.12. The summed E-state index contributed by atoms with van der Waals surface area (Å²) in [6, 6.07) is 6.14. The maximum Gasteiger partial charge on any atom is 0.122 e. The van der Waals surface area contributed by atoms with Crippen LogP contribution >= 0.6 is 15.9 Å². The highest BCUT2D eigenvalue weighted by Crippen LogP contribution is 2.23. The van der Waals surface area contributed by atoms with E-state index in [2.05, 4.69) is 34.1 Å². The Balaban J connectivity index is 2.49. The molecule has 1 heterocycles. The van der Waals surface area contributed by atoms with Gasteiger partial charge < -0.3 is 4.84 Å². The van der Waals surface area contributed by atoms with E-state index < -0.39 is 0 Å². The lowest BCUT2D eigenvalue weighted by atomic mass is 10.0. The summed E-state index contributed by atoms with van der Waals surface area (Å²) in [6.07, 6.45) is 0.906. The van der Waals surface area contributed by atoms with Crippen molar-refractivity contribution in [1.29, 1.82) is 0 Å². The first-order valence-electron chi connectivity index (χ1n) is 4.23. The summed E-state index contributed by atoms with van der Waals surface area (Å²) in [6.45, 7) is 2.79. The van der Waals surface area contributed by atoms with Crippen LogP contribution in [0.25, 0.3) is 0 Å². The van der Waals surface area contributed by atoms with Crippen molar-refractivity contribution >= 4 is 21.6 Å². The van der Waals surface area contributed by atoms with Crippen molar-refractivity contribution in [3.05, 3.63) is 33.8 Å². The van der Waals surface area contributed by atoms with Gasteiger partial charge in [-0.3, -0.25) is 0 Å². The number of rotatable bonds is 1. The van der Waals surface area contributed by atoms with Gasteiger partial charge in [-0.2, -0.15) is 0 Å². The van der Waals surface area contributed by atoms with Gasteiger partial charge in [0.2, 0.25) is 0 Å². The Hall–Kier alpha value is -0.830. The Morgan fingerprint density at radius 2 is 2.31 bits per heavy atom. The van der Waals surface area contributed by atoms with E-state index in [1.54, 1.807) is 0 Å². The maximum absolute atomic E-state index is 4.99. The molecule has 0 radical (unpaired) electrons. The normalized spacial score (nSPS) is 15.4. The van der Waals surface area contributed by atoms with Crippen LogP contribution in [0.15, 0.2) is 27.8 Å². The standard InChI is InChI=1S/C10H10BrNO/c1-7-3-2-4-8(11)10(7)9-5-6-13-12-9/h2-4H,5-6H2,1H3. The van der Waals surface area contributed by atoms with Crippen LogP contribution in [0.3, 0.4) is 0 Å². The van der Waals surface area contributed by atoms with E-state index in [1.165, 1.54) is 11.1 Å². The Kier molecular flexibility index (Phi) is 2.36. The number of halogens is 1. The van der Waals surface area contributed by atoms with E-state index in [-0.39, 0.29) is 0 Å². The van der Waals surface area contributed by atoms with Gasteiger partial charge in [0.25, 0.3) is 0 Å². The second kappa shape index (κ2) is 3.50. The van der Waals surface area contributed by atoms with Crippen molar-refractivity contribution in [2.24, 2.45) is 5.16 Å². The number of hydrogen-bond acceptors (Lipinski definition) is 2. The summed E-state index contributed by atoms with van der Waals surface area (Å²) in [5.74, 6) is 0. The number of benzene rings is 1. The molecule has 1 aromatic carbocycles. The molecular weight excluding hydrogens is 230 g/mol. The molecular formula is C10H10BrNO. The van der Waals surface area contributed by atoms with Crippen molar-refractivity contribution in [2.45, 2.75) is 13.3 Å². The van der Waals surface area contributed by atoms with Crippen LogP contribution in [0.1, 0.15) is 17.5 Å². The molecule has 0 aromatic heterocycles. The van der Waals surface area contributed by atoms with E-state index in [4.69, 9.17) is 4.84 Å². The molecule has 1 aromatic rings. The predicted octanol–water partition coefficient (Wildman–Crippen LogP) is 2.88. The number of hydrogen-bond donors (Lipinski definition) is 0.